The highest BCUT2D eigenvalue weighted by atomic mass is 16.2. The normalized spacial score (nSPS) is 16.2. The molecule has 1 aliphatic rings. The van der Waals surface area contributed by atoms with Gasteiger partial charge in [-0.3, -0.25) is 0 Å². The van der Waals surface area contributed by atoms with Crippen LogP contribution in [0.4, 0.5) is 10.5 Å². The molecule has 18 heavy (non-hydrogen) atoms. The number of amides is 2. The van der Waals surface area contributed by atoms with Crippen LogP contribution in [-0.4, -0.2) is 37.1 Å². The fraction of sp³-hybridized carbons (Fsp3) is 0.500. The Morgan fingerprint density at radius 2 is 2.06 bits per heavy atom. The minimum atomic E-state index is -0.0182. The Morgan fingerprint density at radius 3 is 2.83 bits per heavy atom. The topological polar surface area (TPSA) is 46.4 Å². The molecule has 0 aromatic heterocycles. The predicted octanol–water partition coefficient (Wildman–Crippen LogP) is 2.15. The highest BCUT2D eigenvalue weighted by molar-refractivity contribution is 5.89. The maximum absolute atomic E-state index is 12.1. The molecule has 0 spiro atoms. The number of hydrogen-bond acceptors (Lipinski definition) is 1. The molecule has 1 aromatic rings. The molecule has 0 saturated carbocycles. The first-order chi connectivity index (χ1) is 8.66. The number of carbonyl (C=O) groups is 1. The summed E-state index contributed by atoms with van der Waals surface area (Å²) in [5.74, 6) is 0. The van der Waals surface area contributed by atoms with E-state index < -0.39 is 0 Å². The Labute approximate surface area is 108 Å². The summed E-state index contributed by atoms with van der Waals surface area (Å²) in [6, 6.07) is 5.97. The molecule has 97 valence electrons. The van der Waals surface area contributed by atoms with Crippen molar-refractivity contribution in [3.63, 3.8) is 0 Å². The predicted molar refractivity (Wildman–Crippen MR) is 73.0 cm³/mol. The van der Waals surface area contributed by atoms with E-state index in [0.717, 1.165) is 38.3 Å². The second kappa shape index (κ2) is 5.87. The van der Waals surface area contributed by atoms with Gasteiger partial charge in [-0.25, -0.2) is 10.1 Å². The van der Waals surface area contributed by atoms with E-state index in [4.69, 9.17) is 0 Å². The third-order valence-electron chi connectivity index (χ3n) is 3.32. The van der Waals surface area contributed by atoms with Gasteiger partial charge in [-0.05, 0) is 43.5 Å². The van der Waals surface area contributed by atoms with Crippen molar-refractivity contribution in [2.24, 2.45) is 0 Å². The quantitative estimate of drug-likeness (QED) is 0.811. The number of aryl methyl sites for hydroxylation is 2. The maximum atomic E-state index is 12.1. The lowest BCUT2D eigenvalue weighted by molar-refractivity contribution is 0.215. The number of anilines is 1. The Hall–Kier alpha value is -1.55. The molecule has 1 aromatic carbocycles. The average molecular weight is 246 g/mol. The third-order valence-corrected chi connectivity index (χ3v) is 3.32. The lowest BCUT2D eigenvalue weighted by Crippen LogP contribution is -2.37. The Balaban J connectivity index is 1.99. The minimum Gasteiger partial charge on any atom is -0.323 e. The summed E-state index contributed by atoms with van der Waals surface area (Å²) >= 11 is 0. The van der Waals surface area contributed by atoms with E-state index in [1.165, 1.54) is 11.1 Å². The summed E-state index contributed by atoms with van der Waals surface area (Å²) in [6.45, 7) is 7.25. The molecule has 1 saturated heterocycles. The second-order valence-corrected chi connectivity index (χ2v) is 4.74. The molecular weight excluding hydrogens is 226 g/mol. The third kappa shape index (κ3) is 3.23. The van der Waals surface area contributed by atoms with Crippen molar-refractivity contribution in [3.8, 4) is 0 Å². The summed E-state index contributed by atoms with van der Waals surface area (Å²) in [6.07, 6.45) is 0.959. The van der Waals surface area contributed by atoms with Gasteiger partial charge in [-0.1, -0.05) is 6.07 Å². The molecule has 1 radical (unpaired) electrons. The number of carbonyl (C=O) groups excluding carboxylic acids is 1. The number of urea groups is 1. The van der Waals surface area contributed by atoms with Gasteiger partial charge in [0, 0.05) is 31.9 Å². The van der Waals surface area contributed by atoms with Crippen LogP contribution in [0, 0.1) is 13.8 Å². The van der Waals surface area contributed by atoms with E-state index in [1.807, 2.05) is 23.1 Å². The highest BCUT2D eigenvalue weighted by Gasteiger charge is 2.15. The number of rotatable bonds is 1. The van der Waals surface area contributed by atoms with Crippen molar-refractivity contribution in [3.05, 3.63) is 29.3 Å². The van der Waals surface area contributed by atoms with Crippen LogP contribution in [0.3, 0.4) is 0 Å². The zero-order valence-electron chi connectivity index (χ0n) is 11.1. The first-order valence-corrected chi connectivity index (χ1v) is 6.43. The molecule has 1 heterocycles. The van der Waals surface area contributed by atoms with Crippen LogP contribution in [0.15, 0.2) is 18.2 Å². The number of nitrogens with one attached hydrogen (secondary N) is 1. The van der Waals surface area contributed by atoms with Crippen LogP contribution < -0.4 is 10.6 Å². The van der Waals surface area contributed by atoms with Gasteiger partial charge in [-0.2, -0.15) is 0 Å². The van der Waals surface area contributed by atoms with Crippen LogP contribution in [-0.2, 0) is 0 Å². The van der Waals surface area contributed by atoms with E-state index in [-0.39, 0.29) is 6.03 Å². The van der Waals surface area contributed by atoms with E-state index in [0.29, 0.717) is 0 Å². The lowest BCUT2D eigenvalue weighted by Gasteiger charge is -2.20. The van der Waals surface area contributed by atoms with E-state index >= 15 is 0 Å². The maximum Gasteiger partial charge on any atom is 0.321 e. The lowest BCUT2D eigenvalue weighted by atomic mass is 10.1. The van der Waals surface area contributed by atoms with Gasteiger partial charge >= 0.3 is 6.03 Å². The molecular formula is C14H20N3O. The first kappa shape index (κ1) is 12.9. The molecule has 4 heteroatoms. The summed E-state index contributed by atoms with van der Waals surface area (Å²) in [7, 11) is 0. The molecule has 4 nitrogen and oxygen atoms in total. The van der Waals surface area contributed by atoms with Gasteiger partial charge in [0.2, 0.25) is 0 Å². The van der Waals surface area contributed by atoms with Gasteiger partial charge in [0.05, 0.1) is 0 Å². The second-order valence-electron chi connectivity index (χ2n) is 4.74. The van der Waals surface area contributed by atoms with Crippen molar-refractivity contribution < 1.29 is 4.79 Å². The molecule has 0 aliphatic carbocycles. The zero-order valence-corrected chi connectivity index (χ0v) is 11.1. The fourth-order valence-corrected chi connectivity index (χ4v) is 2.01. The molecule has 2 amide bonds. The number of benzene rings is 1. The zero-order chi connectivity index (χ0) is 13.0. The van der Waals surface area contributed by atoms with Crippen molar-refractivity contribution in [2.75, 3.05) is 31.5 Å². The van der Waals surface area contributed by atoms with Gasteiger partial charge in [0.1, 0.15) is 0 Å². The molecule has 2 rings (SSSR count). The van der Waals surface area contributed by atoms with Crippen LogP contribution in [0.2, 0.25) is 0 Å². The number of hydrogen-bond donors (Lipinski definition) is 1. The summed E-state index contributed by atoms with van der Waals surface area (Å²) in [5.41, 5.74) is 3.30. The van der Waals surface area contributed by atoms with Crippen LogP contribution in [0.25, 0.3) is 0 Å². The highest BCUT2D eigenvalue weighted by Crippen LogP contribution is 2.14. The summed E-state index contributed by atoms with van der Waals surface area (Å²) in [5, 5.41) is 7.27. The van der Waals surface area contributed by atoms with Gasteiger partial charge in [0.25, 0.3) is 0 Å². The van der Waals surface area contributed by atoms with Crippen molar-refractivity contribution in [1.82, 2.24) is 10.2 Å². The van der Waals surface area contributed by atoms with Crippen LogP contribution in [0.1, 0.15) is 17.5 Å². The monoisotopic (exact) mass is 246 g/mol. The SMILES string of the molecule is Cc1ccc(NC(=O)N2CCC[N]CC2)cc1C. The Morgan fingerprint density at radius 1 is 1.22 bits per heavy atom. The molecule has 0 unspecified atom stereocenters. The largest absolute Gasteiger partial charge is 0.323 e. The molecule has 0 bridgehead atoms. The summed E-state index contributed by atoms with van der Waals surface area (Å²) < 4.78 is 0. The van der Waals surface area contributed by atoms with E-state index in [2.05, 4.69) is 24.5 Å². The van der Waals surface area contributed by atoms with Crippen molar-refractivity contribution in [2.45, 2.75) is 20.3 Å². The standard InChI is InChI=1S/C14H20N3O/c1-11-4-5-13(10-12(11)2)16-14(18)17-8-3-6-15-7-9-17/h4-5,10H,3,6-9H2,1-2H3,(H,16,18). The minimum absolute atomic E-state index is 0.0182. The van der Waals surface area contributed by atoms with Crippen LogP contribution >= 0.6 is 0 Å². The van der Waals surface area contributed by atoms with Crippen molar-refractivity contribution >= 4 is 11.7 Å². The van der Waals surface area contributed by atoms with Crippen molar-refractivity contribution in [1.29, 1.82) is 0 Å². The molecule has 1 N–H and O–H groups in total. The average Bonchev–Trinajstić information content (AvgIpc) is 2.62. The fourth-order valence-electron chi connectivity index (χ4n) is 2.01. The van der Waals surface area contributed by atoms with Gasteiger partial charge in [0.15, 0.2) is 0 Å². The smallest absolute Gasteiger partial charge is 0.321 e. The Kier molecular flexibility index (Phi) is 4.20. The Bertz CT molecular complexity index is 423. The van der Waals surface area contributed by atoms with E-state index in [9.17, 15) is 4.79 Å². The molecule has 1 aliphatic heterocycles. The van der Waals surface area contributed by atoms with Crippen LogP contribution in [0.5, 0.6) is 0 Å². The summed E-state index contributed by atoms with van der Waals surface area (Å²) in [4.78, 5) is 13.9. The molecule has 1 fully saturated rings. The number of nitrogens with zero attached hydrogens (tertiary/aromatic N) is 2. The van der Waals surface area contributed by atoms with E-state index in [1.54, 1.807) is 0 Å². The van der Waals surface area contributed by atoms with Gasteiger partial charge < -0.3 is 10.2 Å². The van der Waals surface area contributed by atoms with Gasteiger partial charge in [-0.15, -0.1) is 0 Å². The molecule has 0 atom stereocenters. The first-order valence-electron chi connectivity index (χ1n) is 6.43.